The fraction of sp³-hybridized carbons (Fsp3) is 0.600. The third-order valence-electron chi connectivity index (χ3n) is 7.79. The highest BCUT2D eigenvalue weighted by Gasteiger charge is 2.39. The zero-order valence-electron chi connectivity index (χ0n) is 21.3. The molecule has 3 heterocycles. The molecule has 2 aliphatic rings. The van der Waals surface area contributed by atoms with E-state index < -0.39 is 17.4 Å². The summed E-state index contributed by atoms with van der Waals surface area (Å²) in [6.07, 6.45) is 1.45. The van der Waals surface area contributed by atoms with Crippen LogP contribution in [0.15, 0.2) is 24.4 Å². The number of ether oxygens (including phenoxy) is 1. The standard InChI is InChI=1S/C25H30ClF4N7O/c1-35-11-9-24(27,10-12-35)21-14-37(34-31-21)17-5-3-16(4-6-17)23-33-32-22(36(23)2)15-38-18-7-8-20(26)19(13-18)25(28,29)30/h7-8,13-14,16-17H,3-6,9-12,15H2,1-2H3. The average Bonchev–Trinajstić information content (AvgIpc) is 3.53. The molecule has 0 bridgehead atoms. The van der Waals surface area contributed by atoms with E-state index in [4.69, 9.17) is 16.3 Å². The van der Waals surface area contributed by atoms with E-state index in [2.05, 4.69) is 25.4 Å². The van der Waals surface area contributed by atoms with Gasteiger partial charge in [0.15, 0.2) is 11.5 Å². The smallest absolute Gasteiger partial charge is 0.417 e. The summed E-state index contributed by atoms with van der Waals surface area (Å²) >= 11 is 5.68. The second kappa shape index (κ2) is 10.4. The molecule has 3 aromatic rings. The number of piperidine rings is 1. The van der Waals surface area contributed by atoms with Crippen LogP contribution in [0.3, 0.4) is 0 Å². The Hall–Kier alpha value is -2.73. The molecule has 1 aromatic carbocycles. The number of nitrogens with zero attached hydrogens (tertiary/aromatic N) is 7. The van der Waals surface area contributed by atoms with Crippen molar-refractivity contribution < 1.29 is 22.3 Å². The second-order valence-corrected chi connectivity index (χ2v) is 10.7. The van der Waals surface area contributed by atoms with Crippen molar-refractivity contribution in [1.82, 2.24) is 34.7 Å². The Kier molecular flexibility index (Phi) is 7.38. The van der Waals surface area contributed by atoms with Crippen LogP contribution in [0.25, 0.3) is 0 Å². The number of hydrogen-bond donors (Lipinski definition) is 0. The van der Waals surface area contributed by atoms with Crippen molar-refractivity contribution in [3.05, 3.63) is 52.3 Å². The molecule has 1 aliphatic heterocycles. The van der Waals surface area contributed by atoms with Crippen LogP contribution >= 0.6 is 11.6 Å². The summed E-state index contributed by atoms with van der Waals surface area (Å²) in [6, 6.07) is 3.59. The van der Waals surface area contributed by atoms with Gasteiger partial charge in [0.1, 0.15) is 23.9 Å². The van der Waals surface area contributed by atoms with E-state index in [0.717, 1.165) is 37.6 Å². The first-order valence-corrected chi connectivity index (χ1v) is 13.1. The van der Waals surface area contributed by atoms with Crippen molar-refractivity contribution in [3.8, 4) is 5.75 Å². The first kappa shape index (κ1) is 26.9. The summed E-state index contributed by atoms with van der Waals surface area (Å²) in [6.45, 7) is 1.38. The Morgan fingerprint density at radius 2 is 1.76 bits per heavy atom. The van der Waals surface area contributed by atoms with Gasteiger partial charge in [0.05, 0.1) is 22.8 Å². The predicted molar refractivity (Wildman–Crippen MR) is 132 cm³/mol. The summed E-state index contributed by atoms with van der Waals surface area (Å²) in [5, 5.41) is 16.6. The molecule has 2 aromatic heterocycles. The van der Waals surface area contributed by atoms with Crippen molar-refractivity contribution in [2.45, 2.75) is 68.9 Å². The molecule has 0 unspecified atom stereocenters. The summed E-state index contributed by atoms with van der Waals surface area (Å²) in [5.41, 5.74) is -1.94. The van der Waals surface area contributed by atoms with Crippen LogP contribution in [0.5, 0.6) is 5.75 Å². The van der Waals surface area contributed by atoms with E-state index >= 15 is 4.39 Å². The Morgan fingerprint density at radius 1 is 1.05 bits per heavy atom. The van der Waals surface area contributed by atoms with Crippen LogP contribution in [0, 0.1) is 0 Å². The maximum atomic E-state index is 15.4. The molecule has 1 aliphatic carbocycles. The van der Waals surface area contributed by atoms with Crippen LogP contribution in [0.2, 0.25) is 5.02 Å². The molecule has 0 atom stereocenters. The first-order valence-electron chi connectivity index (χ1n) is 12.7. The molecule has 2 fully saturated rings. The zero-order chi connectivity index (χ0) is 27.1. The molecule has 1 saturated heterocycles. The third-order valence-corrected chi connectivity index (χ3v) is 8.12. The molecule has 5 rings (SSSR count). The predicted octanol–water partition coefficient (Wildman–Crippen LogP) is 5.45. The second-order valence-electron chi connectivity index (χ2n) is 10.3. The van der Waals surface area contributed by atoms with Gasteiger partial charge in [-0.25, -0.2) is 9.07 Å². The van der Waals surface area contributed by atoms with Crippen molar-refractivity contribution in [2.24, 2.45) is 7.05 Å². The molecule has 13 heteroatoms. The van der Waals surface area contributed by atoms with Crippen molar-refractivity contribution >= 4 is 11.6 Å². The maximum Gasteiger partial charge on any atom is 0.417 e. The Morgan fingerprint density at radius 3 is 2.45 bits per heavy atom. The fourth-order valence-electron chi connectivity index (χ4n) is 5.30. The fourth-order valence-corrected chi connectivity index (χ4v) is 5.53. The monoisotopic (exact) mass is 555 g/mol. The first-order chi connectivity index (χ1) is 18.0. The number of rotatable bonds is 6. The lowest BCUT2D eigenvalue weighted by atomic mass is 9.85. The third kappa shape index (κ3) is 5.51. The van der Waals surface area contributed by atoms with Gasteiger partial charge in [-0.15, -0.1) is 15.3 Å². The minimum absolute atomic E-state index is 0.0275. The topological polar surface area (TPSA) is 73.9 Å². The summed E-state index contributed by atoms with van der Waals surface area (Å²) in [4.78, 5) is 2.12. The van der Waals surface area contributed by atoms with Gasteiger partial charge in [-0.3, -0.25) is 0 Å². The quantitative estimate of drug-likeness (QED) is 0.377. The largest absolute Gasteiger partial charge is 0.486 e. The lowest BCUT2D eigenvalue weighted by molar-refractivity contribution is -0.137. The van der Waals surface area contributed by atoms with Crippen molar-refractivity contribution in [2.75, 3.05) is 20.1 Å². The van der Waals surface area contributed by atoms with E-state index in [1.165, 1.54) is 12.1 Å². The molecule has 38 heavy (non-hydrogen) atoms. The molecule has 8 nitrogen and oxygen atoms in total. The van der Waals surface area contributed by atoms with E-state index in [9.17, 15) is 13.2 Å². The summed E-state index contributed by atoms with van der Waals surface area (Å²) in [5.74, 6) is 1.55. The number of hydrogen-bond acceptors (Lipinski definition) is 6. The van der Waals surface area contributed by atoms with Gasteiger partial charge in [-0.05, 0) is 50.9 Å². The van der Waals surface area contributed by atoms with E-state index in [1.54, 1.807) is 6.20 Å². The van der Waals surface area contributed by atoms with Gasteiger partial charge in [0.25, 0.3) is 0 Å². The molecular weight excluding hydrogens is 526 g/mol. The minimum Gasteiger partial charge on any atom is -0.486 e. The highest BCUT2D eigenvalue weighted by Crippen LogP contribution is 2.40. The minimum atomic E-state index is -4.57. The molecule has 0 amide bonds. The van der Waals surface area contributed by atoms with Gasteiger partial charge < -0.3 is 14.2 Å². The zero-order valence-corrected chi connectivity index (χ0v) is 22.0. The molecule has 206 valence electrons. The normalized spacial score (nSPS) is 22.5. The molecule has 1 saturated carbocycles. The van der Waals surface area contributed by atoms with E-state index in [-0.39, 0.29) is 29.3 Å². The number of halogens is 5. The summed E-state index contributed by atoms with van der Waals surface area (Å²) in [7, 11) is 3.82. The number of benzene rings is 1. The average molecular weight is 556 g/mol. The van der Waals surface area contributed by atoms with Crippen LogP contribution in [-0.4, -0.2) is 54.8 Å². The van der Waals surface area contributed by atoms with E-state index in [1.807, 2.05) is 23.3 Å². The highest BCUT2D eigenvalue weighted by atomic mass is 35.5. The Labute approximate surface area is 222 Å². The number of likely N-dealkylation sites (tertiary alicyclic amines) is 1. The molecule has 0 spiro atoms. The molecular formula is C25H30ClF4N7O. The molecule has 0 radical (unpaired) electrons. The van der Waals surface area contributed by atoms with Gasteiger partial charge in [-0.1, -0.05) is 16.8 Å². The lowest BCUT2D eigenvalue weighted by Gasteiger charge is -2.33. The van der Waals surface area contributed by atoms with Crippen LogP contribution < -0.4 is 4.74 Å². The van der Waals surface area contributed by atoms with Gasteiger partial charge in [-0.2, -0.15) is 13.2 Å². The van der Waals surface area contributed by atoms with Crippen LogP contribution in [-0.2, 0) is 25.5 Å². The lowest BCUT2D eigenvalue weighted by Crippen LogP contribution is -2.38. The SMILES string of the molecule is CN1CCC(F)(c2cn(C3CCC(c4nnc(COc5ccc(Cl)c(C(F)(F)F)c5)n4C)CC3)nn2)CC1. The Balaban J connectivity index is 1.18. The van der Waals surface area contributed by atoms with Gasteiger partial charge in [0, 0.05) is 38.9 Å². The van der Waals surface area contributed by atoms with Gasteiger partial charge >= 0.3 is 6.18 Å². The highest BCUT2D eigenvalue weighted by molar-refractivity contribution is 6.31. The number of alkyl halides is 4. The van der Waals surface area contributed by atoms with Crippen molar-refractivity contribution in [3.63, 3.8) is 0 Å². The van der Waals surface area contributed by atoms with Gasteiger partial charge in [0.2, 0.25) is 0 Å². The number of aromatic nitrogens is 6. The van der Waals surface area contributed by atoms with Crippen molar-refractivity contribution in [1.29, 1.82) is 0 Å². The Bertz CT molecular complexity index is 1260. The maximum absolute atomic E-state index is 15.4. The van der Waals surface area contributed by atoms with Crippen LogP contribution in [0.1, 0.15) is 73.4 Å². The van der Waals surface area contributed by atoms with Crippen LogP contribution in [0.4, 0.5) is 17.6 Å². The molecule has 0 N–H and O–H groups in total. The van der Waals surface area contributed by atoms with E-state index in [0.29, 0.717) is 37.4 Å². The summed E-state index contributed by atoms with van der Waals surface area (Å²) < 4.78 is 64.0.